The molecule has 18 heavy (non-hydrogen) atoms. The molecular weight excluding hydrogens is 232 g/mol. The van der Waals surface area contributed by atoms with Gasteiger partial charge in [-0.15, -0.1) is 0 Å². The van der Waals surface area contributed by atoms with Crippen LogP contribution in [0.5, 0.6) is 0 Å². The van der Waals surface area contributed by atoms with E-state index in [4.69, 9.17) is 10.2 Å². The Balaban J connectivity index is 4.31. The number of carbonyl (C=O) groups is 2. The van der Waals surface area contributed by atoms with Crippen LogP contribution in [0.3, 0.4) is 0 Å². The molecule has 0 radical (unpaired) electrons. The summed E-state index contributed by atoms with van der Waals surface area (Å²) in [5.74, 6) is -1.76. The lowest BCUT2D eigenvalue weighted by Crippen LogP contribution is -2.04. The summed E-state index contributed by atoms with van der Waals surface area (Å²) in [6.07, 6.45) is 2.37. The predicted molar refractivity (Wildman–Crippen MR) is 70.5 cm³/mol. The van der Waals surface area contributed by atoms with Gasteiger partial charge in [-0.3, -0.25) is 0 Å². The number of carboxylic acid groups (broad SMARTS) is 2. The summed E-state index contributed by atoms with van der Waals surface area (Å²) in [4.78, 5) is 21.8. The number of unbranched alkanes of at least 4 members (excludes halogenated alkanes) is 1. The highest BCUT2D eigenvalue weighted by Gasteiger charge is 2.11. The van der Waals surface area contributed by atoms with E-state index in [-0.39, 0.29) is 0 Å². The second-order valence-corrected chi connectivity index (χ2v) is 4.77. The summed E-state index contributed by atoms with van der Waals surface area (Å²) < 4.78 is 0. The molecule has 0 bridgehead atoms. The summed E-state index contributed by atoms with van der Waals surface area (Å²) in [5.41, 5.74) is 2.49. The molecule has 0 rings (SSSR count). The van der Waals surface area contributed by atoms with Crippen molar-refractivity contribution in [1.82, 2.24) is 0 Å². The molecule has 0 unspecified atom stereocenters. The quantitative estimate of drug-likeness (QED) is 0.539. The van der Waals surface area contributed by atoms with E-state index in [1.54, 1.807) is 27.7 Å². The van der Waals surface area contributed by atoms with E-state index < -0.39 is 11.9 Å². The van der Waals surface area contributed by atoms with Gasteiger partial charge in [-0.2, -0.15) is 0 Å². The summed E-state index contributed by atoms with van der Waals surface area (Å²) in [6, 6.07) is 0. The zero-order valence-electron chi connectivity index (χ0n) is 11.5. The van der Waals surface area contributed by atoms with E-state index in [2.05, 4.69) is 0 Å². The summed E-state index contributed by atoms with van der Waals surface area (Å²) in [6.45, 7) is 7.12. The number of hydrogen-bond donors (Lipinski definition) is 2. The van der Waals surface area contributed by atoms with E-state index in [0.717, 1.165) is 11.1 Å². The molecule has 0 aromatic carbocycles. The molecule has 4 nitrogen and oxygen atoms in total. The van der Waals surface area contributed by atoms with Crippen LogP contribution in [0.4, 0.5) is 0 Å². The topological polar surface area (TPSA) is 74.6 Å². The van der Waals surface area contributed by atoms with Gasteiger partial charge in [-0.05, 0) is 53.4 Å². The van der Waals surface area contributed by atoms with Crippen LogP contribution in [0.25, 0.3) is 0 Å². The Labute approximate surface area is 108 Å². The number of hydrogen-bond acceptors (Lipinski definition) is 2. The molecular formula is C14H22O4. The van der Waals surface area contributed by atoms with Crippen molar-refractivity contribution in [3.63, 3.8) is 0 Å². The van der Waals surface area contributed by atoms with Crippen LogP contribution in [0.1, 0.15) is 53.4 Å². The van der Waals surface area contributed by atoms with E-state index in [1.807, 2.05) is 0 Å². The van der Waals surface area contributed by atoms with Gasteiger partial charge in [-0.25, -0.2) is 9.59 Å². The summed E-state index contributed by atoms with van der Waals surface area (Å²) in [7, 11) is 0. The zero-order chi connectivity index (χ0) is 14.3. The first-order chi connectivity index (χ1) is 8.27. The summed E-state index contributed by atoms with van der Waals surface area (Å²) in [5, 5.41) is 17.9. The van der Waals surface area contributed by atoms with E-state index in [1.165, 1.54) is 0 Å². The summed E-state index contributed by atoms with van der Waals surface area (Å²) >= 11 is 0. The van der Waals surface area contributed by atoms with Crippen molar-refractivity contribution in [3.8, 4) is 0 Å². The van der Waals surface area contributed by atoms with Gasteiger partial charge in [0.05, 0.1) is 0 Å². The predicted octanol–water partition coefficient (Wildman–Crippen LogP) is 3.39. The van der Waals surface area contributed by atoms with Crippen molar-refractivity contribution in [2.45, 2.75) is 53.4 Å². The molecule has 0 atom stereocenters. The van der Waals surface area contributed by atoms with Gasteiger partial charge in [0.2, 0.25) is 0 Å². The lowest BCUT2D eigenvalue weighted by atomic mass is 9.99. The van der Waals surface area contributed by atoms with Gasteiger partial charge >= 0.3 is 11.9 Å². The Morgan fingerprint density at radius 2 is 1.00 bits per heavy atom. The average Bonchev–Trinajstić information content (AvgIpc) is 2.20. The van der Waals surface area contributed by atoms with Crippen molar-refractivity contribution in [2.75, 3.05) is 0 Å². The maximum atomic E-state index is 10.9. The van der Waals surface area contributed by atoms with Gasteiger partial charge < -0.3 is 10.2 Å². The van der Waals surface area contributed by atoms with Gasteiger partial charge in [0, 0.05) is 11.1 Å². The zero-order valence-corrected chi connectivity index (χ0v) is 11.5. The molecule has 2 N–H and O–H groups in total. The van der Waals surface area contributed by atoms with Gasteiger partial charge in [-0.1, -0.05) is 11.1 Å². The van der Waals surface area contributed by atoms with Crippen LogP contribution in [0.15, 0.2) is 22.3 Å². The second-order valence-electron chi connectivity index (χ2n) is 4.77. The highest BCUT2D eigenvalue weighted by atomic mass is 16.4. The molecule has 0 aliphatic heterocycles. The van der Waals surface area contributed by atoms with Crippen molar-refractivity contribution in [3.05, 3.63) is 22.3 Å². The lowest BCUT2D eigenvalue weighted by Gasteiger charge is -2.07. The molecule has 0 aromatic heterocycles. The van der Waals surface area contributed by atoms with Crippen LogP contribution in [-0.4, -0.2) is 22.2 Å². The van der Waals surface area contributed by atoms with Crippen molar-refractivity contribution in [2.24, 2.45) is 0 Å². The third-order valence-corrected chi connectivity index (χ3v) is 2.83. The molecule has 0 spiro atoms. The van der Waals surface area contributed by atoms with E-state index in [9.17, 15) is 9.59 Å². The fourth-order valence-corrected chi connectivity index (χ4v) is 1.75. The largest absolute Gasteiger partial charge is 0.478 e. The first-order valence-corrected chi connectivity index (χ1v) is 6.06. The first kappa shape index (κ1) is 16.4. The molecule has 102 valence electrons. The Morgan fingerprint density at radius 1 is 0.722 bits per heavy atom. The van der Waals surface area contributed by atoms with Crippen LogP contribution in [-0.2, 0) is 9.59 Å². The smallest absolute Gasteiger partial charge is 0.331 e. The normalized spacial score (nSPS) is 9.78. The van der Waals surface area contributed by atoms with Crippen molar-refractivity contribution >= 4 is 11.9 Å². The molecule has 0 aromatic rings. The molecule has 0 fully saturated rings. The highest BCUT2D eigenvalue weighted by molar-refractivity contribution is 5.87. The van der Waals surface area contributed by atoms with Gasteiger partial charge in [0.1, 0.15) is 0 Å². The van der Waals surface area contributed by atoms with Crippen LogP contribution in [0.2, 0.25) is 0 Å². The minimum absolute atomic E-state index is 0.434. The minimum atomic E-state index is -0.879. The molecule has 0 saturated carbocycles. The van der Waals surface area contributed by atoms with Gasteiger partial charge in [0.15, 0.2) is 0 Å². The molecule has 0 saturated heterocycles. The van der Waals surface area contributed by atoms with Crippen LogP contribution in [0, 0.1) is 0 Å². The monoisotopic (exact) mass is 254 g/mol. The fourth-order valence-electron chi connectivity index (χ4n) is 1.75. The Morgan fingerprint density at radius 3 is 1.17 bits per heavy atom. The SMILES string of the molecule is CC(C)=C(CCCCC(C(=O)O)=C(C)C)C(=O)O. The molecule has 0 heterocycles. The van der Waals surface area contributed by atoms with E-state index in [0.29, 0.717) is 36.8 Å². The average molecular weight is 254 g/mol. The Hall–Kier alpha value is -1.58. The van der Waals surface area contributed by atoms with E-state index >= 15 is 0 Å². The Kier molecular flexibility index (Phi) is 7.01. The second kappa shape index (κ2) is 7.69. The lowest BCUT2D eigenvalue weighted by molar-refractivity contribution is -0.134. The van der Waals surface area contributed by atoms with Crippen molar-refractivity contribution in [1.29, 1.82) is 0 Å². The molecule has 0 aliphatic carbocycles. The standard InChI is InChI=1S/C14H22O4/c1-9(2)11(13(15)16)7-5-6-8-12(10(3)4)14(17)18/h5-8H2,1-4H3,(H,15,16)(H,17,18). The van der Waals surface area contributed by atoms with Gasteiger partial charge in [0.25, 0.3) is 0 Å². The minimum Gasteiger partial charge on any atom is -0.478 e. The number of rotatable bonds is 7. The Bertz CT molecular complexity index is 343. The molecule has 4 heteroatoms. The number of allylic oxidation sites excluding steroid dienone is 2. The highest BCUT2D eigenvalue weighted by Crippen LogP contribution is 2.17. The number of carboxylic acids is 2. The van der Waals surface area contributed by atoms with Crippen LogP contribution >= 0.6 is 0 Å². The maximum absolute atomic E-state index is 10.9. The number of aliphatic carboxylic acids is 2. The fraction of sp³-hybridized carbons (Fsp3) is 0.571. The third-order valence-electron chi connectivity index (χ3n) is 2.83. The third kappa shape index (κ3) is 5.66. The molecule has 0 aliphatic rings. The maximum Gasteiger partial charge on any atom is 0.331 e. The first-order valence-electron chi connectivity index (χ1n) is 6.06. The van der Waals surface area contributed by atoms with Crippen molar-refractivity contribution < 1.29 is 19.8 Å². The molecule has 0 amide bonds. The van der Waals surface area contributed by atoms with Crippen LogP contribution < -0.4 is 0 Å².